The zero-order valence-corrected chi connectivity index (χ0v) is 19.9. The van der Waals surface area contributed by atoms with Crippen molar-refractivity contribution in [2.24, 2.45) is 11.1 Å². The lowest BCUT2D eigenvalue weighted by atomic mass is 10.0. The first-order valence-corrected chi connectivity index (χ1v) is 12.5. The van der Waals surface area contributed by atoms with Crippen LogP contribution >= 0.6 is 11.3 Å². The highest BCUT2D eigenvalue weighted by Crippen LogP contribution is 2.35. The third kappa shape index (κ3) is 4.56. The molecular formula is C22H23FN4O4S2. The van der Waals surface area contributed by atoms with Crippen molar-refractivity contribution in [3.8, 4) is 16.9 Å². The van der Waals surface area contributed by atoms with Gasteiger partial charge in [-0.25, -0.2) is 27.7 Å². The van der Waals surface area contributed by atoms with Crippen LogP contribution in [0.3, 0.4) is 0 Å². The smallest absolute Gasteiger partial charge is 0.330 e. The topological polar surface area (TPSA) is 106 Å². The first-order valence-electron chi connectivity index (χ1n) is 10.1. The van der Waals surface area contributed by atoms with Crippen molar-refractivity contribution < 1.29 is 22.3 Å². The van der Waals surface area contributed by atoms with Gasteiger partial charge in [-0.3, -0.25) is 9.80 Å². The number of thiazole rings is 1. The Bertz CT molecular complexity index is 1310. The number of carbonyl (C=O) groups is 1. The van der Waals surface area contributed by atoms with Gasteiger partial charge in [-0.2, -0.15) is 0 Å². The average molecular weight is 491 g/mol. The minimum Gasteiger partial charge on any atom is -0.496 e. The van der Waals surface area contributed by atoms with Crippen LogP contribution < -0.4 is 19.7 Å². The Morgan fingerprint density at radius 1 is 1.15 bits per heavy atom. The second kappa shape index (κ2) is 8.73. The number of carbonyl (C=O) groups excluding carboxylic acids is 1. The maximum atomic E-state index is 13.8. The van der Waals surface area contributed by atoms with Gasteiger partial charge in [0.1, 0.15) is 11.6 Å². The zero-order valence-electron chi connectivity index (χ0n) is 18.3. The van der Waals surface area contributed by atoms with Gasteiger partial charge < -0.3 is 4.74 Å². The maximum absolute atomic E-state index is 13.8. The lowest BCUT2D eigenvalue weighted by molar-refractivity contribution is 0.245. The number of ether oxygens (including phenoxy) is 1. The highest BCUT2D eigenvalue weighted by atomic mass is 32.2. The molecular weight excluding hydrogens is 467 g/mol. The van der Waals surface area contributed by atoms with E-state index in [2.05, 4.69) is 4.98 Å². The molecule has 1 aliphatic rings. The van der Waals surface area contributed by atoms with Crippen molar-refractivity contribution in [1.29, 1.82) is 0 Å². The number of nitrogens with two attached hydrogens (primary N) is 1. The van der Waals surface area contributed by atoms with E-state index in [9.17, 15) is 17.6 Å². The minimum absolute atomic E-state index is 0.0523. The first kappa shape index (κ1) is 23.1. The van der Waals surface area contributed by atoms with E-state index >= 15 is 0 Å². The lowest BCUT2D eigenvalue weighted by Gasteiger charge is -2.37. The molecule has 174 valence electrons. The molecule has 2 aromatic carbocycles. The number of nitrogens with zero attached hydrogens (tertiary/aromatic N) is 3. The molecule has 1 aromatic heterocycles. The Morgan fingerprint density at radius 3 is 2.42 bits per heavy atom. The standard InChI is InChI=1S/C22H23FN4O4S2/c1-13-11-26(22(28)27(12-13)21-25-14(2)20(32-21)33(24,29)30)17-7-4-15(5-8-17)18-10-16(23)6-9-19(18)31-3/h4-10,13H,11-12H2,1-3H3,(H2,24,29,30)/t13-/m0/s1. The molecule has 1 fully saturated rings. The molecule has 0 aliphatic carbocycles. The summed E-state index contributed by atoms with van der Waals surface area (Å²) < 4.78 is 42.7. The number of primary sulfonamides is 1. The molecule has 1 aliphatic heterocycles. The Balaban J connectivity index is 1.64. The summed E-state index contributed by atoms with van der Waals surface area (Å²) in [6, 6.07) is 11.2. The van der Waals surface area contributed by atoms with Crippen molar-refractivity contribution in [1.82, 2.24) is 4.98 Å². The fourth-order valence-electron chi connectivity index (χ4n) is 3.83. The van der Waals surface area contributed by atoms with E-state index in [4.69, 9.17) is 9.88 Å². The fourth-order valence-corrected chi connectivity index (χ4v) is 5.78. The number of halogens is 1. The van der Waals surface area contributed by atoms with E-state index in [1.807, 2.05) is 6.92 Å². The van der Waals surface area contributed by atoms with Gasteiger partial charge in [0.2, 0.25) is 10.0 Å². The second-order valence-electron chi connectivity index (χ2n) is 7.91. The van der Waals surface area contributed by atoms with Crippen molar-refractivity contribution in [3.05, 3.63) is 54.0 Å². The predicted molar refractivity (Wildman–Crippen MR) is 126 cm³/mol. The van der Waals surface area contributed by atoms with E-state index in [0.29, 0.717) is 35.2 Å². The van der Waals surface area contributed by atoms with Gasteiger partial charge in [0, 0.05) is 24.3 Å². The number of hydrogen-bond donors (Lipinski definition) is 1. The van der Waals surface area contributed by atoms with E-state index in [1.54, 1.807) is 42.2 Å². The molecule has 1 atom stereocenters. The lowest BCUT2D eigenvalue weighted by Crippen LogP contribution is -2.53. The van der Waals surface area contributed by atoms with Crippen LogP contribution in [-0.4, -0.2) is 39.6 Å². The van der Waals surface area contributed by atoms with Gasteiger partial charge >= 0.3 is 6.03 Å². The number of anilines is 2. The summed E-state index contributed by atoms with van der Waals surface area (Å²) in [5.41, 5.74) is 2.29. The largest absolute Gasteiger partial charge is 0.496 e. The summed E-state index contributed by atoms with van der Waals surface area (Å²) in [6.07, 6.45) is 0. The molecule has 1 saturated heterocycles. The molecule has 2 heterocycles. The number of aryl methyl sites for hydroxylation is 1. The quantitative estimate of drug-likeness (QED) is 0.582. The van der Waals surface area contributed by atoms with E-state index < -0.39 is 10.0 Å². The van der Waals surface area contributed by atoms with E-state index in [0.717, 1.165) is 16.9 Å². The zero-order chi connectivity index (χ0) is 23.9. The first-order chi connectivity index (χ1) is 15.6. The number of aromatic nitrogens is 1. The highest BCUT2D eigenvalue weighted by Gasteiger charge is 2.34. The van der Waals surface area contributed by atoms with Crippen molar-refractivity contribution in [2.75, 3.05) is 30.0 Å². The number of methoxy groups -OCH3 is 1. The van der Waals surface area contributed by atoms with Crippen molar-refractivity contribution >= 4 is 38.2 Å². The van der Waals surface area contributed by atoms with E-state index in [1.165, 1.54) is 24.1 Å². The number of rotatable bonds is 5. The molecule has 0 radical (unpaired) electrons. The van der Waals surface area contributed by atoms with Gasteiger partial charge in [-0.05, 0) is 48.7 Å². The summed E-state index contributed by atoms with van der Waals surface area (Å²) in [7, 11) is -2.40. The molecule has 0 saturated carbocycles. The molecule has 4 rings (SSSR count). The summed E-state index contributed by atoms with van der Waals surface area (Å²) in [5, 5.41) is 5.56. The molecule has 3 aromatic rings. The number of benzene rings is 2. The third-order valence-electron chi connectivity index (χ3n) is 5.33. The Hall–Kier alpha value is -3.02. The molecule has 0 spiro atoms. The average Bonchev–Trinajstić information content (AvgIpc) is 3.17. The molecule has 11 heteroatoms. The number of sulfonamides is 1. The maximum Gasteiger partial charge on any atom is 0.330 e. The van der Waals surface area contributed by atoms with Gasteiger partial charge in [0.15, 0.2) is 9.34 Å². The molecule has 2 amide bonds. The van der Waals surface area contributed by atoms with Crippen LogP contribution in [0.2, 0.25) is 0 Å². The SMILES string of the molecule is COc1ccc(F)cc1-c1ccc(N2C[C@H](C)CN(c3nc(C)c(S(N)(=O)=O)s3)C2=O)cc1. The van der Waals surface area contributed by atoms with Crippen LogP contribution in [0.5, 0.6) is 5.75 Å². The fraction of sp³-hybridized carbons (Fsp3) is 0.273. The molecule has 0 unspecified atom stereocenters. The minimum atomic E-state index is -3.92. The third-order valence-corrected chi connectivity index (χ3v) is 8.07. The molecule has 2 N–H and O–H groups in total. The van der Waals surface area contributed by atoms with Gasteiger partial charge in [-0.15, -0.1) is 0 Å². The predicted octanol–water partition coefficient (Wildman–Crippen LogP) is 4.00. The summed E-state index contributed by atoms with van der Waals surface area (Å²) in [5.74, 6) is 0.277. The van der Waals surface area contributed by atoms with E-state index in [-0.39, 0.29) is 27.7 Å². The van der Waals surface area contributed by atoms with Crippen molar-refractivity contribution in [2.45, 2.75) is 18.1 Å². The van der Waals surface area contributed by atoms with Crippen LogP contribution in [-0.2, 0) is 10.0 Å². The van der Waals surface area contributed by atoms with Crippen molar-refractivity contribution in [3.63, 3.8) is 0 Å². The van der Waals surface area contributed by atoms with Crippen LogP contribution in [0.4, 0.5) is 20.0 Å². The molecule has 33 heavy (non-hydrogen) atoms. The van der Waals surface area contributed by atoms with Crippen LogP contribution in [0, 0.1) is 18.7 Å². The number of urea groups is 1. The summed E-state index contributed by atoms with van der Waals surface area (Å²) >= 11 is 0.886. The molecule has 0 bridgehead atoms. The summed E-state index contributed by atoms with van der Waals surface area (Å²) in [6.45, 7) is 4.45. The van der Waals surface area contributed by atoms with Crippen LogP contribution in [0.1, 0.15) is 12.6 Å². The van der Waals surface area contributed by atoms with Gasteiger partial charge in [0.25, 0.3) is 0 Å². The van der Waals surface area contributed by atoms with Gasteiger partial charge in [-0.1, -0.05) is 30.4 Å². The second-order valence-corrected chi connectivity index (χ2v) is 10.6. The normalized spacial score (nSPS) is 16.9. The van der Waals surface area contributed by atoms with Crippen LogP contribution in [0.25, 0.3) is 11.1 Å². The summed E-state index contributed by atoms with van der Waals surface area (Å²) in [4.78, 5) is 20.7. The highest BCUT2D eigenvalue weighted by molar-refractivity contribution is 7.91. The number of hydrogen-bond acceptors (Lipinski definition) is 6. The van der Waals surface area contributed by atoms with Gasteiger partial charge in [0.05, 0.1) is 12.8 Å². The Kier molecular flexibility index (Phi) is 6.12. The van der Waals surface area contributed by atoms with Crippen LogP contribution in [0.15, 0.2) is 46.7 Å². The molecule has 8 nitrogen and oxygen atoms in total. The monoisotopic (exact) mass is 490 g/mol. The Morgan fingerprint density at radius 2 is 1.82 bits per heavy atom. The number of amides is 2. The Labute approximate surface area is 195 Å².